The Morgan fingerprint density at radius 3 is 2.71 bits per heavy atom. The summed E-state index contributed by atoms with van der Waals surface area (Å²) in [5.74, 6) is -0.599. The van der Waals surface area contributed by atoms with Gasteiger partial charge in [0.2, 0.25) is 11.8 Å². The molecule has 0 aliphatic carbocycles. The van der Waals surface area contributed by atoms with Crippen LogP contribution in [0.15, 0.2) is 12.1 Å². The Hall–Kier alpha value is -2.12. The summed E-state index contributed by atoms with van der Waals surface area (Å²) in [7, 11) is 4.61. The van der Waals surface area contributed by atoms with Crippen LogP contribution in [0.4, 0.5) is 5.69 Å². The molecule has 2 rings (SSSR count). The Morgan fingerprint density at radius 1 is 1.46 bits per heavy atom. The van der Waals surface area contributed by atoms with Crippen molar-refractivity contribution >= 4 is 35.0 Å². The number of halogens is 1. The van der Waals surface area contributed by atoms with Crippen LogP contribution in [-0.4, -0.2) is 56.4 Å². The van der Waals surface area contributed by atoms with Gasteiger partial charge in [-0.3, -0.25) is 19.3 Å². The zero-order valence-corrected chi connectivity index (χ0v) is 14.8. The molecular weight excluding hydrogens is 334 g/mol. The number of ether oxygens (including phenoxy) is 1. The minimum Gasteiger partial charge on any atom is -0.495 e. The van der Waals surface area contributed by atoms with E-state index in [9.17, 15) is 14.4 Å². The van der Waals surface area contributed by atoms with Crippen LogP contribution in [0.5, 0.6) is 5.75 Å². The van der Waals surface area contributed by atoms with Crippen molar-refractivity contribution in [2.24, 2.45) is 0 Å². The number of methoxy groups -OCH3 is 1. The summed E-state index contributed by atoms with van der Waals surface area (Å²) in [5, 5.41) is 2.98. The third-order valence-corrected chi connectivity index (χ3v) is 4.43. The van der Waals surface area contributed by atoms with E-state index in [1.807, 2.05) is 0 Å². The predicted octanol–water partition coefficient (Wildman–Crippen LogP) is 0.967. The third kappa shape index (κ3) is 3.37. The van der Waals surface area contributed by atoms with Crippen molar-refractivity contribution in [1.29, 1.82) is 0 Å². The Kier molecular flexibility index (Phi) is 5.46. The zero-order chi connectivity index (χ0) is 18.0. The van der Waals surface area contributed by atoms with Crippen molar-refractivity contribution in [2.45, 2.75) is 19.4 Å². The molecule has 0 bridgehead atoms. The topological polar surface area (TPSA) is 79.0 Å². The summed E-state index contributed by atoms with van der Waals surface area (Å²) in [6.07, 6.45) is 0.0111. The molecule has 1 aliphatic rings. The van der Waals surface area contributed by atoms with Gasteiger partial charge in [0.15, 0.2) is 0 Å². The molecule has 0 aromatic heterocycles. The van der Waals surface area contributed by atoms with Crippen LogP contribution >= 0.6 is 11.6 Å². The van der Waals surface area contributed by atoms with Gasteiger partial charge < -0.3 is 10.1 Å². The van der Waals surface area contributed by atoms with Crippen LogP contribution in [0.1, 0.15) is 12.0 Å². The van der Waals surface area contributed by atoms with E-state index in [1.54, 1.807) is 31.0 Å². The first kappa shape index (κ1) is 18.2. The van der Waals surface area contributed by atoms with Crippen molar-refractivity contribution in [2.75, 3.05) is 32.6 Å². The maximum atomic E-state index is 12.7. The van der Waals surface area contributed by atoms with Crippen LogP contribution in [0.3, 0.4) is 0 Å². The van der Waals surface area contributed by atoms with E-state index in [2.05, 4.69) is 5.32 Å². The maximum Gasteiger partial charge on any atom is 0.251 e. The van der Waals surface area contributed by atoms with Crippen LogP contribution < -0.4 is 15.0 Å². The average molecular weight is 354 g/mol. The van der Waals surface area contributed by atoms with Crippen LogP contribution in [-0.2, 0) is 14.4 Å². The molecule has 0 saturated carbocycles. The number of nitrogens with one attached hydrogen (secondary N) is 1. The minimum atomic E-state index is -0.685. The second-order valence-electron chi connectivity index (χ2n) is 5.65. The number of carbonyl (C=O) groups excluding carboxylic acids is 3. The van der Waals surface area contributed by atoms with E-state index in [-0.39, 0.29) is 30.7 Å². The highest BCUT2D eigenvalue weighted by molar-refractivity contribution is 6.32. The largest absolute Gasteiger partial charge is 0.495 e. The number of hydrogen-bond donors (Lipinski definition) is 1. The SMILES string of the molecule is CNC(=O)CN(C)[C@H]1CC(=O)N(c2cc(C)c(Cl)cc2OC)C1=O. The van der Waals surface area contributed by atoms with E-state index in [4.69, 9.17) is 16.3 Å². The molecule has 1 fully saturated rings. The number of aryl methyl sites for hydroxylation is 1. The molecule has 0 unspecified atom stereocenters. The first-order chi connectivity index (χ1) is 11.3. The Bertz CT molecular complexity index is 692. The van der Waals surface area contributed by atoms with E-state index in [1.165, 1.54) is 14.2 Å². The normalized spacial score (nSPS) is 17.6. The van der Waals surface area contributed by atoms with Crippen molar-refractivity contribution in [3.8, 4) is 5.75 Å². The second-order valence-corrected chi connectivity index (χ2v) is 6.06. The highest BCUT2D eigenvalue weighted by Crippen LogP contribution is 2.36. The van der Waals surface area contributed by atoms with Crippen molar-refractivity contribution in [3.05, 3.63) is 22.7 Å². The number of likely N-dealkylation sites (N-methyl/N-ethyl adjacent to an activating group) is 2. The third-order valence-electron chi connectivity index (χ3n) is 4.03. The average Bonchev–Trinajstić information content (AvgIpc) is 2.84. The second kappa shape index (κ2) is 7.19. The summed E-state index contributed by atoms with van der Waals surface area (Å²) >= 11 is 6.08. The van der Waals surface area contributed by atoms with Gasteiger partial charge in [0.25, 0.3) is 5.91 Å². The lowest BCUT2D eigenvalue weighted by molar-refractivity contribution is -0.124. The van der Waals surface area contributed by atoms with Crippen LogP contribution in [0.2, 0.25) is 5.02 Å². The molecule has 3 amide bonds. The quantitative estimate of drug-likeness (QED) is 0.798. The standard InChI is InChI=1S/C16H20ClN3O4/c1-9-5-11(13(24-4)6-10(9)17)20-15(22)7-12(16(20)23)19(3)8-14(21)18-2/h5-6,12H,7-8H2,1-4H3,(H,18,21)/t12-/m0/s1. The molecule has 1 heterocycles. The van der Waals surface area contributed by atoms with Gasteiger partial charge in [-0.15, -0.1) is 0 Å². The van der Waals surface area contributed by atoms with E-state index in [0.717, 1.165) is 10.5 Å². The van der Waals surface area contributed by atoms with Gasteiger partial charge in [0.05, 0.1) is 31.8 Å². The fourth-order valence-electron chi connectivity index (χ4n) is 2.62. The highest BCUT2D eigenvalue weighted by atomic mass is 35.5. The van der Waals surface area contributed by atoms with Crippen molar-refractivity contribution < 1.29 is 19.1 Å². The molecule has 1 saturated heterocycles. The Labute approximate surface area is 145 Å². The smallest absolute Gasteiger partial charge is 0.251 e. The number of anilines is 1. The monoisotopic (exact) mass is 353 g/mol. The van der Waals surface area contributed by atoms with Gasteiger partial charge in [-0.2, -0.15) is 0 Å². The van der Waals surface area contributed by atoms with Gasteiger partial charge in [-0.1, -0.05) is 11.6 Å². The summed E-state index contributed by atoms with van der Waals surface area (Å²) in [5.41, 5.74) is 1.10. The first-order valence-electron chi connectivity index (χ1n) is 7.41. The fourth-order valence-corrected chi connectivity index (χ4v) is 2.77. The van der Waals surface area contributed by atoms with E-state index in [0.29, 0.717) is 16.5 Å². The lowest BCUT2D eigenvalue weighted by Crippen LogP contribution is -2.44. The minimum absolute atomic E-state index is 0.0111. The number of carbonyl (C=O) groups is 3. The van der Waals surface area contributed by atoms with E-state index < -0.39 is 6.04 Å². The molecular formula is C16H20ClN3O4. The number of amides is 3. The summed E-state index contributed by atoms with van der Waals surface area (Å²) in [6, 6.07) is 2.54. The zero-order valence-electron chi connectivity index (χ0n) is 14.1. The van der Waals surface area contributed by atoms with Crippen molar-refractivity contribution in [1.82, 2.24) is 10.2 Å². The number of imide groups is 1. The van der Waals surface area contributed by atoms with Gasteiger partial charge in [-0.25, -0.2) is 4.90 Å². The molecule has 0 spiro atoms. The lowest BCUT2D eigenvalue weighted by atomic mass is 10.2. The molecule has 24 heavy (non-hydrogen) atoms. The Morgan fingerprint density at radius 2 is 2.12 bits per heavy atom. The number of rotatable bonds is 5. The molecule has 7 nitrogen and oxygen atoms in total. The maximum absolute atomic E-state index is 12.7. The number of nitrogens with zero attached hydrogens (tertiary/aromatic N) is 2. The Balaban J connectivity index is 2.33. The summed E-state index contributed by atoms with van der Waals surface area (Å²) in [6.45, 7) is 1.82. The van der Waals surface area contributed by atoms with Gasteiger partial charge in [0.1, 0.15) is 5.75 Å². The summed E-state index contributed by atoms with van der Waals surface area (Å²) < 4.78 is 5.26. The molecule has 1 aromatic carbocycles. The highest BCUT2D eigenvalue weighted by Gasteiger charge is 2.43. The van der Waals surface area contributed by atoms with Crippen LogP contribution in [0.25, 0.3) is 0 Å². The molecule has 1 atom stereocenters. The molecule has 0 radical (unpaired) electrons. The molecule has 130 valence electrons. The van der Waals surface area contributed by atoms with Gasteiger partial charge >= 0.3 is 0 Å². The number of benzene rings is 1. The molecule has 8 heteroatoms. The van der Waals surface area contributed by atoms with E-state index >= 15 is 0 Å². The van der Waals surface area contributed by atoms with Gasteiger partial charge in [-0.05, 0) is 25.6 Å². The lowest BCUT2D eigenvalue weighted by Gasteiger charge is -2.23. The molecule has 1 N–H and O–H groups in total. The van der Waals surface area contributed by atoms with Crippen molar-refractivity contribution in [3.63, 3.8) is 0 Å². The predicted molar refractivity (Wildman–Crippen MR) is 90.3 cm³/mol. The molecule has 1 aliphatic heterocycles. The van der Waals surface area contributed by atoms with Crippen LogP contribution in [0, 0.1) is 6.92 Å². The fraction of sp³-hybridized carbons (Fsp3) is 0.438. The summed E-state index contributed by atoms with van der Waals surface area (Å²) in [4.78, 5) is 39.3. The number of hydrogen-bond acceptors (Lipinski definition) is 5. The first-order valence-corrected chi connectivity index (χ1v) is 7.79. The van der Waals surface area contributed by atoms with Gasteiger partial charge in [0, 0.05) is 18.1 Å². The molecule has 1 aromatic rings.